The summed E-state index contributed by atoms with van der Waals surface area (Å²) in [5, 5.41) is 7.31. The van der Waals surface area contributed by atoms with Crippen LogP contribution in [0.25, 0.3) is 11.3 Å². The van der Waals surface area contributed by atoms with Crippen molar-refractivity contribution in [1.82, 2.24) is 14.8 Å². The van der Waals surface area contributed by atoms with E-state index in [0.29, 0.717) is 0 Å². The lowest BCUT2D eigenvalue weighted by molar-refractivity contribution is 0.768. The summed E-state index contributed by atoms with van der Waals surface area (Å²) in [6, 6.07) is 5.94. The monoisotopic (exact) mass is 202 g/mol. The summed E-state index contributed by atoms with van der Waals surface area (Å²) in [5.74, 6) is 0.902. The standard InChI is InChI=1S/C11H14N4/c1-3-12-11-6-4-5-10(14-11)9-7-13-15(2)8-9/h4-8H,3H2,1-2H3,(H,12,14). The van der Waals surface area contributed by atoms with Crippen LogP contribution in [0.15, 0.2) is 30.6 Å². The van der Waals surface area contributed by atoms with Gasteiger partial charge in [0.05, 0.1) is 11.9 Å². The van der Waals surface area contributed by atoms with Crippen molar-refractivity contribution in [2.75, 3.05) is 11.9 Å². The van der Waals surface area contributed by atoms with E-state index in [2.05, 4.69) is 22.3 Å². The Morgan fingerprint density at radius 3 is 2.93 bits per heavy atom. The first-order chi connectivity index (χ1) is 7.29. The van der Waals surface area contributed by atoms with Crippen LogP contribution < -0.4 is 5.32 Å². The molecular formula is C11H14N4. The van der Waals surface area contributed by atoms with Gasteiger partial charge >= 0.3 is 0 Å². The lowest BCUT2D eigenvalue weighted by atomic mass is 10.2. The van der Waals surface area contributed by atoms with Crippen LogP contribution in [-0.4, -0.2) is 21.3 Å². The van der Waals surface area contributed by atoms with Gasteiger partial charge in [-0.1, -0.05) is 6.07 Å². The molecule has 1 N–H and O–H groups in total. The molecule has 4 nitrogen and oxygen atoms in total. The molecule has 0 spiro atoms. The minimum atomic E-state index is 0.878. The fraction of sp³-hybridized carbons (Fsp3) is 0.273. The van der Waals surface area contributed by atoms with Gasteiger partial charge in [-0.2, -0.15) is 5.10 Å². The molecule has 2 rings (SSSR count). The topological polar surface area (TPSA) is 42.7 Å². The molecule has 2 aromatic heterocycles. The van der Waals surface area contributed by atoms with Gasteiger partial charge in [0.2, 0.25) is 0 Å². The highest BCUT2D eigenvalue weighted by Crippen LogP contribution is 2.17. The van der Waals surface area contributed by atoms with Gasteiger partial charge < -0.3 is 5.32 Å². The minimum absolute atomic E-state index is 0.878. The van der Waals surface area contributed by atoms with Crippen molar-refractivity contribution in [3.8, 4) is 11.3 Å². The fourth-order valence-corrected chi connectivity index (χ4v) is 1.43. The zero-order valence-corrected chi connectivity index (χ0v) is 8.94. The lowest BCUT2D eigenvalue weighted by Crippen LogP contribution is -1.99. The Balaban J connectivity index is 2.32. The Hall–Kier alpha value is -1.84. The molecule has 0 fully saturated rings. The van der Waals surface area contributed by atoms with E-state index >= 15 is 0 Å². The third-order valence-electron chi connectivity index (χ3n) is 2.11. The molecule has 2 heterocycles. The average molecular weight is 202 g/mol. The predicted octanol–water partition coefficient (Wildman–Crippen LogP) is 1.91. The molecule has 0 radical (unpaired) electrons. The van der Waals surface area contributed by atoms with Crippen molar-refractivity contribution in [3.63, 3.8) is 0 Å². The normalized spacial score (nSPS) is 10.3. The van der Waals surface area contributed by atoms with Crippen LogP contribution in [0.5, 0.6) is 0 Å². The molecule has 0 atom stereocenters. The molecule has 0 aromatic carbocycles. The van der Waals surface area contributed by atoms with Crippen LogP contribution in [-0.2, 0) is 7.05 Å². The summed E-state index contributed by atoms with van der Waals surface area (Å²) >= 11 is 0. The number of pyridine rings is 1. The Morgan fingerprint density at radius 2 is 2.27 bits per heavy atom. The smallest absolute Gasteiger partial charge is 0.126 e. The largest absolute Gasteiger partial charge is 0.370 e. The molecule has 0 unspecified atom stereocenters. The highest BCUT2D eigenvalue weighted by atomic mass is 15.2. The van der Waals surface area contributed by atoms with Gasteiger partial charge in [0, 0.05) is 25.4 Å². The molecule has 15 heavy (non-hydrogen) atoms. The molecule has 0 aliphatic heterocycles. The highest BCUT2D eigenvalue weighted by Gasteiger charge is 2.02. The van der Waals surface area contributed by atoms with Gasteiger partial charge in [0.15, 0.2) is 0 Å². The van der Waals surface area contributed by atoms with E-state index in [9.17, 15) is 0 Å². The van der Waals surface area contributed by atoms with Crippen molar-refractivity contribution in [3.05, 3.63) is 30.6 Å². The minimum Gasteiger partial charge on any atom is -0.370 e. The molecule has 0 amide bonds. The summed E-state index contributed by atoms with van der Waals surface area (Å²) < 4.78 is 1.77. The molecule has 0 aliphatic rings. The molecule has 0 saturated heterocycles. The summed E-state index contributed by atoms with van der Waals surface area (Å²) in [5.41, 5.74) is 1.99. The summed E-state index contributed by atoms with van der Waals surface area (Å²) in [6.07, 6.45) is 3.77. The zero-order chi connectivity index (χ0) is 10.7. The van der Waals surface area contributed by atoms with E-state index < -0.39 is 0 Å². The maximum absolute atomic E-state index is 4.48. The molecule has 78 valence electrons. The Morgan fingerprint density at radius 1 is 1.40 bits per heavy atom. The van der Waals surface area contributed by atoms with Crippen LogP contribution in [0.4, 0.5) is 5.82 Å². The number of nitrogens with zero attached hydrogens (tertiary/aromatic N) is 3. The first kappa shape index (κ1) is 9.71. The summed E-state index contributed by atoms with van der Waals surface area (Å²) in [4.78, 5) is 4.48. The predicted molar refractivity (Wildman–Crippen MR) is 60.6 cm³/mol. The summed E-state index contributed by atoms with van der Waals surface area (Å²) in [6.45, 7) is 2.93. The Kier molecular flexibility index (Phi) is 2.67. The number of hydrogen-bond donors (Lipinski definition) is 1. The number of hydrogen-bond acceptors (Lipinski definition) is 3. The van der Waals surface area contributed by atoms with Gasteiger partial charge in [0.25, 0.3) is 0 Å². The number of aryl methyl sites for hydroxylation is 1. The highest BCUT2D eigenvalue weighted by molar-refractivity contribution is 5.59. The van der Waals surface area contributed by atoms with Crippen LogP contribution in [0.3, 0.4) is 0 Å². The van der Waals surface area contributed by atoms with Gasteiger partial charge in [-0.05, 0) is 19.1 Å². The van der Waals surface area contributed by atoms with Gasteiger partial charge in [-0.15, -0.1) is 0 Å². The van der Waals surface area contributed by atoms with Crippen LogP contribution in [0.2, 0.25) is 0 Å². The van der Waals surface area contributed by atoms with E-state index in [1.807, 2.05) is 37.6 Å². The van der Waals surface area contributed by atoms with Gasteiger partial charge in [0.1, 0.15) is 5.82 Å². The maximum Gasteiger partial charge on any atom is 0.126 e. The van der Waals surface area contributed by atoms with Crippen molar-refractivity contribution in [1.29, 1.82) is 0 Å². The number of nitrogens with one attached hydrogen (secondary N) is 1. The van der Waals surface area contributed by atoms with Crippen LogP contribution in [0.1, 0.15) is 6.92 Å². The van der Waals surface area contributed by atoms with Gasteiger partial charge in [-0.3, -0.25) is 4.68 Å². The van der Waals surface area contributed by atoms with E-state index in [0.717, 1.165) is 23.6 Å². The Bertz CT molecular complexity index is 447. The molecule has 4 heteroatoms. The van der Waals surface area contributed by atoms with Crippen molar-refractivity contribution >= 4 is 5.82 Å². The second-order valence-corrected chi connectivity index (χ2v) is 3.34. The van der Waals surface area contributed by atoms with Gasteiger partial charge in [-0.25, -0.2) is 4.98 Å². The SMILES string of the molecule is CCNc1cccc(-c2cnn(C)c2)n1. The number of aromatic nitrogens is 3. The third kappa shape index (κ3) is 2.15. The molecular weight excluding hydrogens is 188 g/mol. The second kappa shape index (κ2) is 4.13. The van der Waals surface area contributed by atoms with E-state index in [4.69, 9.17) is 0 Å². The van der Waals surface area contributed by atoms with Crippen molar-refractivity contribution in [2.24, 2.45) is 7.05 Å². The second-order valence-electron chi connectivity index (χ2n) is 3.34. The van der Waals surface area contributed by atoms with E-state index in [1.165, 1.54) is 0 Å². The average Bonchev–Trinajstić information content (AvgIpc) is 2.66. The number of anilines is 1. The quantitative estimate of drug-likeness (QED) is 0.826. The first-order valence-electron chi connectivity index (χ1n) is 4.99. The molecule has 2 aromatic rings. The van der Waals surface area contributed by atoms with Crippen molar-refractivity contribution in [2.45, 2.75) is 6.92 Å². The molecule has 0 bridgehead atoms. The van der Waals surface area contributed by atoms with E-state index in [1.54, 1.807) is 4.68 Å². The third-order valence-corrected chi connectivity index (χ3v) is 2.11. The Labute approximate surface area is 89.0 Å². The zero-order valence-electron chi connectivity index (χ0n) is 8.94. The van der Waals surface area contributed by atoms with Crippen molar-refractivity contribution < 1.29 is 0 Å². The molecule has 0 saturated carbocycles. The maximum atomic E-state index is 4.48. The van der Waals surface area contributed by atoms with Crippen LogP contribution >= 0.6 is 0 Å². The van der Waals surface area contributed by atoms with Crippen LogP contribution in [0, 0.1) is 0 Å². The lowest BCUT2D eigenvalue weighted by Gasteiger charge is -2.03. The summed E-state index contributed by atoms with van der Waals surface area (Å²) in [7, 11) is 1.90. The molecule has 0 aliphatic carbocycles. The fourth-order valence-electron chi connectivity index (χ4n) is 1.43. The van der Waals surface area contributed by atoms with E-state index in [-0.39, 0.29) is 0 Å². The first-order valence-corrected chi connectivity index (χ1v) is 4.99. The number of rotatable bonds is 3.